The van der Waals surface area contributed by atoms with Crippen LogP contribution in [0.2, 0.25) is 5.02 Å². The van der Waals surface area contributed by atoms with Gasteiger partial charge in [0.15, 0.2) is 15.7 Å². The Hall–Kier alpha value is -1.31. The standard InChI is InChI=1S/C13H18ClN3O3S/c14-12-6-9(13(15)17-18)3-4-10(12)7-16-8-11-2-1-5-21(11,19)20/h3-4,6,11,16,18H,1-2,5,7-8H2,(H2,15,17). The van der Waals surface area contributed by atoms with Crippen molar-refractivity contribution in [1.29, 1.82) is 0 Å². The fraction of sp³-hybridized carbons (Fsp3) is 0.462. The highest BCUT2D eigenvalue weighted by molar-refractivity contribution is 7.92. The molecule has 1 heterocycles. The summed E-state index contributed by atoms with van der Waals surface area (Å²) in [5.74, 6) is 0.280. The van der Waals surface area contributed by atoms with Crippen LogP contribution in [0, 0.1) is 0 Å². The van der Waals surface area contributed by atoms with Crippen molar-refractivity contribution in [3.63, 3.8) is 0 Å². The van der Waals surface area contributed by atoms with Crippen molar-refractivity contribution >= 4 is 27.3 Å². The fourth-order valence-corrected chi connectivity index (χ4v) is 4.41. The highest BCUT2D eigenvalue weighted by Crippen LogP contribution is 2.20. The second-order valence-electron chi connectivity index (χ2n) is 5.05. The monoisotopic (exact) mass is 331 g/mol. The molecule has 6 nitrogen and oxygen atoms in total. The van der Waals surface area contributed by atoms with Gasteiger partial charge in [-0.1, -0.05) is 28.9 Å². The third-order valence-electron chi connectivity index (χ3n) is 3.61. The minimum Gasteiger partial charge on any atom is -0.409 e. The Labute approximate surface area is 128 Å². The van der Waals surface area contributed by atoms with Crippen LogP contribution >= 0.6 is 11.6 Å². The van der Waals surface area contributed by atoms with Crippen molar-refractivity contribution in [2.24, 2.45) is 10.9 Å². The fourth-order valence-electron chi connectivity index (χ4n) is 2.36. The van der Waals surface area contributed by atoms with Crippen LogP contribution in [0.3, 0.4) is 0 Å². The molecule has 0 radical (unpaired) electrons. The van der Waals surface area contributed by atoms with Gasteiger partial charge in [-0.15, -0.1) is 0 Å². The van der Waals surface area contributed by atoms with E-state index in [4.69, 9.17) is 22.5 Å². The van der Waals surface area contributed by atoms with Crippen LogP contribution in [0.15, 0.2) is 23.4 Å². The molecule has 0 spiro atoms. The van der Waals surface area contributed by atoms with Gasteiger partial charge in [0.05, 0.1) is 11.0 Å². The van der Waals surface area contributed by atoms with Crippen molar-refractivity contribution in [2.75, 3.05) is 12.3 Å². The second-order valence-corrected chi connectivity index (χ2v) is 7.86. The zero-order valence-corrected chi connectivity index (χ0v) is 13.0. The average molecular weight is 332 g/mol. The Morgan fingerprint density at radius 3 is 2.86 bits per heavy atom. The third kappa shape index (κ3) is 3.87. The molecule has 2 rings (SSSR count). The molecule has 1 aliphatic rings. The van der Waals surface area contributed by atoms with Gasteiger partial charge in [-0.2, -0.15) is 0 Å². The van der Waals surface area contributed by atoms with Crippen LogP contribution in [0.5, 0.6) is 0 Å². The Morgan fingerprint density at radius 2 is 2.29 bits per heavy atom. The van der Waals surface area contributed by atoms with Gasteiger partial charge in [0.25, 0.3) is 0 Å². The van der Waals surface area contributed by atoms with Gasteiger partial charge in [0.1, 0.15) is 0 Å². The normalized spacial score (nSPS) is 21.6. The van der Waals surface area contributed by atoms with E-state index in [1.807, 2.05) is 0 Å². The molecule has 1 saturated heterocycles. The summed E-state index contributed by atoms with van der Waals surface area (Å²) < 4.78 is 23.4. The van der Waals surface area contributed by atoms with Crippen molar-refractivity contribution in [3.8, 4) is 0 Å². The van der Waals surface area contributed by atoms with Gasteiger partial charge in [0.2, 0.25) is 0 Å². The number of amidine groups is 1. The summed E-state index contributed by atoms with van der Waals surface area (Å²) >= 11 is 6.13. The number of nitrogens with two attached hydrogens (primary N) is 1. The molecule has 0 bridgehead atoms. The van der Waals surface area contributed by atoms with Crippen molar-refractivity contribution < 1.29 is 13.6 Å². The summed E-state index contributed by atoms with van der Waals surface area (Å²) in [7, 11) is -2.93. The van der Waals surface area contributed by atoms with Crippen molar-refractivity contribution in [3.05, 3.63) is 34.3 Å². The Kier molecular flexibility index (Phi) is 5.08. The summed E-state index contributed by atoms with van der Waals surface area (Å²) in [5.41, 5.74) is 6.85. The molecular weight excluding hydrogens is 314 g/mol. The molecule has 0 amide bonds. The molecule has 1 fully saturated rings. The van der Waals surface area contributed by atoms with Gasteiger partial charge in [-0.05, 0) is 24.5 Å². The lowest BCUT2D eigenvalue weighted by Gasteiger charge is -2.12. The molecular formula is C13H18ClN3O3S. The molecule has 0 aliphatic carbocycles. The van der Waals surface area contributed by atoms with Gasteiger partial charge < -0.3 is 16.3 Å². The largest absolute Gasteiger partial charge is 0.409 e. The van der Waals surface area contributed by atoms with Gasteiger partial charge in [-0.3, -0.25) is 0 Å². The lowest BCUT2D eigenvalue weighted by Crippen LogP contribution is -2.30. The minimum atomic E-state index is -2.93. The Balaban J connectivity index is 1.95. The summed E-state index contributed by atoms with van der Waals surface area (Å²) in [4.78, 5) is 0. The maximum atomic E-state index is 11.7. The summed E-state index contributed by atoms with van der Waals surface area (Å²) in [5, 5.41) is 14.8. The first-order valence-corrected chi connectivity index (χ1v) is 8.72. The first-order chi connectivity index (χ1) is 9.94. The number of nitrogens with zero attached hydrogens (tertiary/aromatic N) is 1. The zero-order valence-electron chi connectivity index (χ0n) is 11.4. The molecule has 21 heavy (non-hydrogen) atoms. The minimum absolute atomic E-state index is 0.00606. The van der Waals surface area contributed by atoms with E-state index in [9.17, 15) is 8.42 Å². The topological polar surface area (TPSA) is 105 Å². The second kappa shape index (κ2) is 6.64. The van der Waals surface area contributed by atoms with E-state index in [0.717, 1.165) is 12.0 Å². The number of halogens is 1. The summed E-state index contributed by atoms with van der Waals surface area (Å²) in [6.45, 7) is 0.905. The molecule has 1 atom stereocenters. The number of sulfone groups is 1. The molecule has 4 N–H and O–H groups in total. The zero-order chi connectivity index (χ0) is 15.5. The van der Waals surface area contributed by atoms with Crippen molar-refractivity contribution in [2.45, 2.75) is 24.6 Å². The highest BCUT2D eigenvalue weighted by atomic mass is 35.5. The molecule has 1 aromatic carbocycles. The third-order valence-corrected chi connectivity index (χ3v) is 6.23. The number of benzene rings is 1. The van der Waals surface area contributed by atoms with Gasteiger partial charge in [-0.25, -0.2) is 8.42 Å². The predicted molar refractivity (Wildman–Crippen MR) is 82.5 cm³/mol. The Morgan fingerprint density at radius 1 is 1.52 bits per heavy atom. The van der Waals surface area contributed by atoms with Crippen LogP contribution in [0.4, 0.5) is 0 Å². The first kappa shape index (κ1) is 16.1. The van der Waals surface area contributed by atoms with E-state index < -0.39 is 9.84 Å². The van der Waals surface area contributed by atoms with E-state index in [2.05, 4.69) is 10.5 Å². The number of oxime groups is 1. The molecule has 1 unspecified atom stereocenters. The molecule has 1 aliphatic heterocycles. The highest BCUT2D eigenvalue weighted by Gasteiger charge is 2.30. The van der Waals surface area contributed by atoms with E-state index in [0.29, 0.717) is 30.1 Å². The summed E-state index contributed by atoms with van der Waals surface area (Å²) in [6, 6.07) is 5.08. The number of rotatable bonds is 5. The average Bonchev–Trinajstić information content (AvgIpc) is 2.78. The molecule has 8 heteroatoms. The van der Waals surface area contributed by atoms with Gasteiger partial charge in [0, 0.05) is 23.7 Å². The smallest absolute Gasteiger partial charge is 0.170 e. The van der Waals surface area contributed by atoms with Gasteiger partial charge >= 0.3 is 0 Å². The lowest BCUT2D eigenvalue weighted by atomic mass is 10.1. The van der Waals surface area contributed by atoms with Crippen LogP contribution in [-0.2, 0) is 16.4 Å². The molecule has 116 valence electrons. The van der Waals surface area contributed by atoms with E-state index in [1.165, 1.54) is 0 Å². The molecule has 1 aromatic rings. The molecule has 0 aromatic heterocycles. The quantitative estimate of drug-likeness (QED) is 0.324. The van der Waals surface area contributed by atoms with Crippen LogP contribution in [0.25, 0.3) is 0 Å². The van der Waals surface area contributed by atoms with E-state index in [1.54, 1.807) is 18.2 Å². The lowest BCUT2D eigenvalue weighted by molar-refractivity contribution is 0.318. The number of nitrogens with one attached hydrogen (secondary N) is 1. The van der Waals surface area contributed by atoms with Crippen LogP contribution in [0.1, 0.15) is 24.0 Å². The van der Waals surface area contributed by atoms with E-state index in [-0.39, 0.29) is 16.8 Å². The molecule has 0 saturated carbocycles. The first-order valence-electron chi connectivity index (χ1n) is 6.62. The predicted octanol–water partition coefficient (Wildman–Crippen LogP) is 1.10. The van der Waals surface area contributed by atoms with E-state index >= 15 is 0 Å². The number of hydrogen-bond donors (Lipinski definition) is 3. The summed E-state index contributed by atoms with van der Waals surface area (Å²) in [6.07, 6.45) is 1.45. The maximum absolute atomic E-state index is 11.7. The van der Waals surface area contributed by atoms with Crippen LogP contribution < -0.4 is 11.1 Å². The maximum Gasteiger partial charge on any atom is 0.170 e. The van der Waals surface area contributed by atoms with Crippen LogP contribution in [-0.4, -0.2) is 37.0 Å². The number of hydrogen-bond acceptors (Lipinski definition) is 5. The SMILES string of the molecule is N/C(=N/O)c1ccc(CNCC2CCCS2(=O)=O)c(Cl)c1. The Bertz CT molecular complexity index is 646. The van der Waals surface area contributed by atoms with Crippen molar-refractivity contribution in [1.82, 2.24) is 5.32 Å².